The van der Waals surface area contributed by atoms with Crippen molar-refractivity contribution in [3.05, 3.63) is 5.69 Å². The molecule has 2 aliphatic heterocycles. The molecule has 1 unspecified atom stereocenters. The number of hydrogen-bond acceptors (Lipinski definition) is 9. The van der Waals surface area contributed by atoms with Gasteiger partial charge in [-0.3, -0.25) is 0 Å². The fourth-order valence-electron chi connectivity index (χ4n) is 3.77. The van der Waals surface area contributed by atoms with Gasteiger partial charge in [-0.15, -0.1) is 11.8 Å². The van der Waals surface area contributed by atoms with Gasteiger partial charge in [-0.25, -0.2) is 9.59 Å². The molecule has 2 saturated heterocycles. The van der Waals surface area contributed by atoms with E-state index in [9.17, 15) is 9.59 Å². The lowest BCUT2D eigenvalue weighted by atomic mass is 9.89. The highest BCUT2D eigenvalue weighted by atomic mass is 32.2. The number of thioether (sulfide) groups is 1. The molecule has 0 amide bonds. The van der Waals surface area contributed by atoms with Crippen LogP contribution in [0.2, 0.25) is 0 Å². The van der Waals surface area contributed by atoms with Crippen molar-refractivity contribution in [2.45, 2.75) is 62.7 Å². The smallest absolute Gasteiger partial charge is 0.335 e. The lowest BCUT2D eigenvalue weighted by molar-refractivity contribution is -0.165. The molecule has 3 heterocycles. The third-order valence-corrected chi connectivity index (χ3v) is 7.09. The summed E-state index contributed by atoms with van der Waals surface area (Å²) >= 11 is 3.35. The molecule has 0 aromatic carbocycles. The van der Waals surface area contributed by atoms with Crippen molar-refractivity contribution in [2.24, 2.45) is 11.8 Å². The molecule has 1 aromatic heterocycles. The monoisotopic (exact) mass is 461 g/mol. The number of nitrogens with zero attached hydrogens (tertiary/aromatic N) is 3. The number of aliphatic hydroxyl groups excluding tert-OH is 2. The van der Waals surface area contributed by atoms with Gasteiger partial charge in [-0.05, 0) is 43.4 Å². The molecule has 170 valence electrons. The summed E-state index contributed by atoms with van der Waals surface area (Å²) in [6.45, 7) is 8.40. The van der Waals surface area contributed by atoms with E-state index in [4.69, 9.17) is 20.4 Å². The molecule has 4 N–H and O–H groups in total. The van der Waals surface area contributed by atoms with Crippen molar-refractivity contribution in [2.75, 3.05) is 25.4 Å². The number of rotatable bonds is 9. The van der Waals surface area contributed by atoms with Crippen LogP contribution >= 0.6 is 23.5 Å². The van der Waals surface area contributed by atoms with Gasteiger partial charge in [0.25, 0.3) is 0 Å². The quantitative estimate of drug-likeness (QED) is 0.317. The first-order valence-corrected chi connectivity index (χ1v) is 11.9. The van der Waals surface area contributed by atoms with Gasteiger partial charge >= 0.3 is 11.9 Å². The topological polar surface area (TPSA) is 144 Å². The van der Waals surface area contributed by atoms with E-state index in [0.717, 1.165) is 11.8 Å². The minimum atomic E-state index is -2.27. The molecule has 3 rings (SSSR count). The van der Waals surface area contributed by atoms with Crippen molar-refractivity contribution in [1.82, 2.24) is 13.6 Å². The number of aliphatic hydroxyl groups is 2. The number of carboxylic acid groups (broad SMARTS) is 2. The van der Waals surface area contributed by atoms with Gasteiger partial charge in [0.15, 0.2) is 12.2 Å². The number of fused-ring (bicyclic) bond motifs is 2. The average Bonchev–Trinajstić information content (AvgIpc) is 3.27. The van der Waals surface area contributed by atoms with Crippen LogP contribution in [0.15, 0.2) is 5.03 Å². The summed E-state index contributed by atoms with van der Waals surface area (Å²) in [6.07, 6.45) is 0.834. The normalized spacial score (nSPS) is 24.8. The fourth-order valence-corrected chi connectivity index (χ4v) is 5.50. The summed E-state index contributed by atoms with van der Waals surface area (Å²) in [6, 6.07) is 0. The molecular weight excluding hydrogens is 430 g/mol. The van der Waals surface area contributed by atoms with Crippen molar-refractivity contribution >= 4 is 35.4 Å². The summed E-state index contributed by atoms with van der Waals surface area (Å²) < 4.78 is 9.22. The van der Waals surface area contributed by atoms with E-state index in [-0.39, 0.29) is 0 Å². The zero-order chi connectivity index (χ0) is 22.3. The van der Waals surface area contributed by atoms with Crippen LogP contribution in [-0.2, 0) is 9.59 Å². The summed E-state index contributed by atoms with van der Waals surface area (Å²) in [5.74, 6) is -0.0423. The van der Waals surface area contributed by atoms with Gasteiger partial charge in [-0.1, -0.05) is 20.3 Å². The van der Waals surface area contributed by atoms with Gasteiger partial charge in [0.2, 0.25) is 0 Å². The van der Waals surface area contributed by atoms with Crippen molar-refractivity contribution in [1.29, 1.82) is 0 Å². The molecule has 11 heteroatoms. The van der Waals surface area contributed by atoms with Crippen LogP contribution in [0.4, 0.5) is 0 Å². The van der Waals surface area contributed by atoms with Gasteiger partial charge in [0.1, 0.15) is 5.03 Å². The standard InChI is InChI=1S/C15H25N3S2.C4H6O6/c1-11(2)5-4-8-19-15-14(16-20-17-15)13-10-18-7-3-6-12(13)9-18;5-1(3(7)8)2(6)4(9)10/h11-13H,3-10H2,1-2H3;1-2,5-6H,(H,7,8)(H,9,10)/t12-,13+;1-,2-/m01/s1. The van der Waals surface area contributed by atoms with Crippen LogP contribution in [0.5, 0.6) is 0 Å². The second-order valence-electron chi connectivity index (χ2n) is 8.17. The maximum Gasteiger partial charge on any atom is 0.335 e. The zero-order valence-corrected chi connectivity index (χ0v) is 18.9. The SMILES string of the molecule is CC(C)CCCSc1nsnc1[C@@H]1CN2CCC[C@H]1C2.O=C(O)[C@H](O)[C@@H](O)C(=O)O. The predicted molar refractivity (Wildman–Crippen MR) is 114 cm³/mol. The van der Waals surface area contributed by atoms with Gasteiger partial charge < -0.3 is 25.3 Å². The lowest BCUT2D eigenvalue weighted by Crippen LogP contribution is -2.39. The molecule has 0 spiro atoms. The Morgan fingerprint density at radius 3 is 2.40 bits per heavy atom. The molecule has 2 aliphatic rings. The number of carboxylic acids is 2. The van der Waals surface area contributed by atoms with Crippen LogP contribution in [0.1, 0.15) is 51.1 Å². The van der Waals surface area contributed by atoms with Crippen LogP contribution in [0.25, 0.3) is 0 Å². The Bertz CT molecular complexity index is 684. The summed E-state index contributed by atoms with van der Waals surface area (Å²) in [7, 11) is 0. The Morgan fingerprint density at radius 1 is 1.17 bits per heavy atom. The molecule has 0 saturated carbocycles. The largest absolute Gasteiger partial charge is 0.479 e. The minimum absolute atomic E-state index is 0.656. The van der Waals surface area contributed by atoms with Crippen LogP contribution in [0.3, 0.4) is 0 Å². The van der Waals surface area contributed by atoms with E-state index in [1.165, 1.54) is 73.5 Å². The Morgan fingerprint density at radius 2 is 1.83 bits per heavy atom. The maximum atomic E-state index is 9.77. The Labute approximate surface area is 184 Å². The second-order valence-corrected chi connectivity index (χ2v) is 9.79. The summed E-state index contributed by atoms with van der Waals surface area (Å²) in [5.41, 5.74) is 1.32. The minimum Gasteiger partial charge on any atom is -0.479 e. The molecular formula is C19H31N3O6S2. The van der Waals surface area contributed by atoms with E-state index >= 15 is 0 Å². The van der Waals surface area contributed by atoms with Crippen LogP contribution in [0, 0.1) is 11.8 Å². The van der Waals surface area contributed by atoms with E-state index in [2.05, 4.69) is 27.5 Å². The fraction of sp³-hybridized carbons (Fsp3) is 0.789. The van der Waals surface area contributed by atoms with E-state index in [1.54, 1.807) is 0 Å². The number of aromatic nitrogens is 2. The highest BCUT2D eigenvalue weighted by molar-refractivity contribution is 7.99. The third kappa shape index (κ3) is 7.16. The maximum absolute atomic E-state index is 9.77. The average molecular weight is 462 g/mol. The summed E-state index contributed by atoms with van der Waals surface area (Å²) in [4.78, 5) is 22.2. The molecule has 9 nitrogen and oxygen atoms in total. The Hall–Kier alpha value is -1.27. The summed E-state index contributed by atoms with van der Waals surface area (Å²) in [5, 5.41) is 33.8. The van der Waals surface area contributed by atoms with Crippen LogP contribution in [-0.4, -0.2) is 83.6 Å². The number of hydrogen-bond donors (Lipinski definition) is 4. The molecule has 0 radical (unpaired) electrons. The van der Waals surface area contributed by atoms with Crippen molar-refractivity contribution < 1.29 is 30.0 Å². The van der Waals surface area contributed by atoms with Crippen molar-refractivity contribution in [3.63, 3.8) is 0 Å². The van der Waals surface area contributed by atoms with E-state index < -0.39 is 24.1 Å². The highest BCUT2D eigenvalue weighted by Gasteiger charge is 2.38. The zero-order valence-electron chi connectivity index (χ0n) is 17.3. The highest BCUT2D eigenvalue weighted by Crippen LogP contribution is 2.41. The first-order valence-electron chi connectivity index (χ1n) is 10.2. The first kappa shape index (κ1) is 25.0. The second kappa shape index (κ2) is 11.9. The Balaban J connectivity index is 0.000000274. The third-order valence-electron chi connectivity index (χ3n) is 5.37. The molecule has 30 heavy (non-hydrogen) atoms. The van der Waals surface area contributed by atoms with Gasteiger partial charge in [0, 0.05) is 19.0 Å². The number of aliphatic carboxylic acids is 2. The van der Waals surface area contributed by atoms with Gasteiger partial charge in [0.05, 0.1) is 17.4 Å². The molecule has 2 bridgehead atoms. The lowest BCUT2D eigenvalue weighted by Gasteiger charge is -2.21. The van der Waals surface area contributed by atoms with E-state index in [0.29, 0.717) is 5.92 Å². The predicted octanol–water partition coefficient (Wildman–Crippen LogP) is 1.75. The molecule has 5 atom stereocenters. The molecule has 2 fully saturated rings. The molecule has 0 aliphatic carbocycles. The van der Waals surface area contributed by atoms with Gasteiger partial charge in [-0.2, -0.15) is 8.75 Å². The van der Waals surface area contributed by atoms with Crippen LogP contribution < -0.4 is 0 Å². The number of piperidine rings is 1. The number of carbonyl (C=O) groups is 2. The van der Waals surface area contributed by atoms with E-state index in [1.807, 2.05) is 11.8 Å². The first-order chi connectivity index (χ1) is 14.2. The Kier molecular flexibility index (Phi) is 9.95. The van der Waals surface area contributed by atoms with Crippen molar-refractivity contribution in [3.8, 4) is 0 Å². The molecule has 1 aromatic rings.